The third-order valence-electron chi connectivity index (χ3n) is 3.96. The molecule has 0 bridgehead atoms. The van der Waals surface area contributed by atoms with Crippen LogP contribution in [-0.4, -0.2) is 50.6 Å². The van der Waals surface area contributed by atoms with Crippen LogP contribution in [-0.2, 0) is 6.54 Å². The van der Waals surface area contributed by atoms with Crippen molar-refractivity contribution in [1.82, 2.24) is 9.80 Å². The van der Waals surface area contributed by atoms with E-state index in [1.54, 1.807) is 0 Å². The Kier molecular flexibility index (Phi) is 5.23. The van der Waals surface area contributed by atoms with Gasteiger partial charge in [-0.2, -0.15) is 0 Å². The minimum atomic E-state index is 0.830. The predicted octanol–water partition coefficient (Wildman–Crippen LogP) is 2.50. The summed E-state index contributed by atoms with van der Waals surface area (Å²) in [5.41, 5.74) is 2.59. The first-order valence-corrected chi connectivity index (χ1v) is 7.31. The Morgan fingerprint density at radius 1 is 1.42 bits per heavy atom. The lowest BCUT2D eigenvalue weighted by Gasteiger charge is -2.32. The molecular weight excluding hydrogens is 234 g/mol. The van der Waals surface area contributed by atoms with Gasteiger partial charge in [-0.25, -0.2) is 0 Å². The number of anilines is 1. The lowest BCUT2D eigenvalue weighted by Crippen LogP contribution is -2.37. The van der Waals surface area contributed by atoms with E-state index in [0.29, 0.717) is 0 Å². The summed E-state index contributed by atoms with van der Waals surface area (Å²) >= 11 is 0. The number of benzene rings is 1. The largest absolute Gasteiger partial charge is 0.388 e. The van der Waals surface area contributed by atoms with Crippen LogP contribution in [0.15, 0.2) is 24.3 Å². The van der Waals surface area contributed by atoms with E-state index < -0.39 is 0 Å². The average molecular weight is 261 g/mol. The number of rotatable bonds is 5. The van der Waals surface area contributed by atoms with Crippen molar-refractivity contribution in [2.45, 2.75) is 19.4 Å². The van der Waals surface area contributed by atoms with E-state index in [1.165, 1.54) is 43.7 Å². The van der Waals surface area contributed by atoms with Gasteiger partial charge in [0.25, 0.3) is 0 Å². The molecule has 1 aliphatic heterocycles. The highest BCUT2D eigenvalue weighted by atomic mass is 15.1. The van der Waals surface area contributed by atoms with Crippen molar-refractivity contribution in [2.75, 3.05) is 46.1 Å². The highest BCUT2D eigenvalue weighted by Crippen LogP contribution is 2.17. The second kappa shape index (κ2) is 6.92. The molecule has 1 N–H and O–H groups in total. The molecule has 1 atom stereocenters. The van der Waals surface area contributed by atoms with Crippen molar-refractivity contribution in [3.63, 3.8) is 0 Å². The van der Waals surface area contributed by atoms with Crippen LogP contribution in [0.2, 0.25) is 0 Å². The van der Waals surface area contributed by atoms with Gasteiger partial charge in [-0.15, -0.1) is 0 Å². The number of hydrogen-bond acceptors (Lipinski definition) is 3. The zero-order chi connectivity index (χ0) is 13.7. The monoisotopic (exact) mass is 261 g/mol. The smallest absolute Gasteiger partial charge is 0.0340 e. The van der Waals surface area contributed by atoms with Crippen molar-refractivity contribution in [3.05, 3.63) is 29.8 Å². The van der Waals surface area contributed by atoms with Gasteiger partial charge < -0.3 is 15.1 Å². The summed E-state index contributed by atoms with van der Waals surface area (Å²) in [6.07, 6.45) is 2.73. The van der Waals surface area contributed by atoms with Crippen LogP contribution in [0.5, 0.6) is 0 Å². The SMILES string of the molecule is CNc1cccc(CN(C)CC2CCCN(C)C2)c1. The molecule has 2 rings (SSSR count). The summed E-state index contributed by atoms with van der Waals surface area (Å²) in [6, 6.07) is 8.69. The minimum absolute atomic E-state index is 0.830. The Bertz CT molecular complexity index is 391. The summed E-state index contributed by atoms with van der Waals surface area (Å²) in [5.74, 6) is 0.830. The molecular formula is C16H27N3. The maximum absolute atomic E-state index is 3.20. The van der Waals surface area contributed by atoms with Crippen LogP contribution in [0.3, 0.4) is 0 Å². The van der Waals surface area contributed by atoms with Crippen molar-refractivity contribution in [1.29, 1.82) is 0 Å². The molecule has 19 heavy (non-hydrogen) atoms. The average Bonchev–Trinajstić information content (AvgIpc) is 2.38. The van der Waals surface area contributed by atoms with Crippen molar-refractivity contribution in [2.24, 2.45) is 5.92 Å². The molecule has 1 heterocycles. The van der Waals surface area contributed by atoms with Crippen LogP contribution in [0.1, 0.15) is 18.4 Å². The summed E-state index contributed by atoms with van der Waals surface area (Å²) in [7, 11) is 6.45. The molecule has 0 spiro atoms. The molecule has 3 nitrogen and oxygen atoms in total. The number of piperidine rings is 1. The van der Waals surface area contributed by atoms with Gasteiger partial charge in [-0.1, -0.05) is 12.1 Å². The summed E-state index contributed by atoms with van der Waals surface area (Å²) in [6.45, 7) is 4.76. The van der Waals surface area contributed by atoms with Crippen LogP contribution >= 0.6 is 0 Å². The van der Waals surface area contributed by atoms with Crippen LogP contribution in [0.25, 0.3) is 0 Å². The standard InChI is InChI=1S/C16H27N3/c1-17-16-8-4-6-14(10-16)11-19(3)13-15-7-5-9-18(2)12-15/h4,6,8,10,15,17H,5,7,9,11-13H2,1-3H3. The van der Waals surface area contributed by atoms with Gasteiger partial charge >= 0.3 is 0 Å². The van der Waals surface area contributed by atoms with Crippen LogP contribution < -0.4 is 5.32 Å². The van der Waals surface area contributed by atoms with E-state index in [1.807, 2.05) is 7.05 Å². The summed E-state index contributed by atoms with van der Waals surface area (Å²) in [4.78, 5) is 4.92. The molecule has 1 aromatic rings. The highest BCUT2D eigenvalue weighted by Gasteiger charge is 2.18. The first-order chi connectivity index (χ1) is 9.17. The number of nitrogens with one attached hydrogen (secondary N) is 1. The number of hydrogen-bond donors (Lipinski definition) is 1. The second-order valence-corrected chi connectivity index (χ2v) is 5.92. The van der Waals surface area contributed by atoms with Crippen molar-refractivity contribution in [3.8, 4) is 0 Å². The maximum atomic E-state index is 3.20. The molecule has 1 aliphatic rings. The van der Waals surface area contributed by atoms with Gasteiger partial charge in [0, 0.05) is 32.4 Å². The quantitative estimate of drug-likeness (QED) is 0.878. The third kappa shape index (κ3) is 4.51. The fourth-order valence-corrected chi connectivity index (χ4v) is 3.06. The molecule has 3 heteroatoms. The van der Waals surface area contributed by atoms with Gasteiger partial charge in [-0.3, -0.25) is 0 Å². The molecule has 0 saturated carbocycles. The Balaban J connectivity index is 1.84. The maximum Gasteiger partial charge on any atom is 0.0340 e. The van der Waals surface area contributed by atoms with Gasteiger partial charge in [0.2, 0.25) is 0 Å². The summed E-state index contributed by atoms with van der Waals surface area (Å²) < 4.78 is 0. The van der Waals surface area contributed by atoms with E-state index >= 15 is 0 Å². The van der Waals surface area contributed by atoms with Crippen molar-refractivity contribution >= 4 is 5.69 Å². The molecule has 0 radical (unpaired) electrons. The van der Waals surface area contributed by atoms with Gasteiger partial charge in [0.1, 0.15) is 0 Å². The van der Waals surface area contributed by atoms with Crippen molar-refractivity contribution < 1.29 is 0 Å². The highest BCUT2D eigenvalue weighted by molar-refractivity contribution is 5.44. The molecule has 1 saturated heterocycles. The van der Waals surface area contributed by atoms with Gasteiger partial charge in [0.15, 0.2) is 0 Å². The normalized spacial score (nSPS) is 20.7. The third-order valence-corrected chi connectivity index (χ3v) is 3.96. The van der Waals surface area contributed by atoms with Gasteiger partial charge in [-0.05, 0) is 57.1 Å². The fourth-order valence-electron chi connectivity index (χ4n) is 3.06. The van der Waals surface area contributed by atoms with Gasteiger partial charge in [0.05, 0.1) is 0 Å². The van der Waals surface area contributed by atoms with E-state index in [-0.39, 0.29) is 0 Å². The first kappa shape index (κ1) is 14.4. The Hall–Kier alpha value is -1.06. The van der Waals surface area contributed by atoms with E-state index in [0.717, 1.165) is 12.5 Å². The first-order valence-electron chi connectivity index (χ1n) is 7.31. The summed E-state index contributed by atoms with van der Waals surface area (Å²) in [5, 5.41) is 3.20. The molecule has 0 aromatic heterocycles. The van der Waals surface area contributed by atoms with E-state index in [2.05, 4.69) is 53.5 Å². The molecule has 1 unspecified atom stereocenters. The molecule has 0 aliphatic carbocycles. The zero-order valence-corrected chi connectivity index (χ0v) is 12.5. The Morgan fingerprint density at radius 2 is 2.26 bits per heavy atom. The lowest BCUT2D eigenvalue weighted by atomic mass is 9.98. The molecule has 1 fully saturated rings. The molecule has 0 amide bonds. The predicted molar refractivity (Wildman–Crippen MR) is 82.5 cm³/mol. The topological polar surface area (TPSA) is 18.5 Å². The van der Waals surface area contributed by atoms with E-state index in [4.69, 9.17) is 0 Å². The number of likely N-dealkylation sites (tertiary alicyclic amines) is 1. The molecule has 1 aromatic carbocycles. The lowest BCUT2D eigenvalue weighted by molar-refractivity contribution is 0.164. The Morgan fingerprint density at radius 3 is 3.00 bits per heavy atom. The van der Waals surface area contributed by atoms with E-state index in [9.17, 15) is 0 Å². The van der Waals surface area contributed by atoms with Crippen LogP contribution in [0, 0.1) is 5.92 Å². The second-order valence-electron chi connectivity index (χ2n) is 5.92. The Labute approximate surface area is 117 Å². The van der Waals surface area contributed by atoms with Crippen LogP contribution in [0.4, 0.5) is 5.69 Å². The minimum Gasteiger partial charge on any atom is -0.388 e. The zero-order valence-electron chi connectivity index (χ0n) is 12.5. The fraction of sp³-hybridized carbons (Fsp3) is 0.625. The number of nitrogens with zero attached hydrogens (tertiary/aromatic N) is 2. The molecule has 106 valence electrons.